The summed E-state index contributed by atoms with van der Waals surface area (Å²) in [6.07, 6.45) is 3.07. The van der Waals surface area contributed by atoms with Crippen LogP contribution in [0.4, 0.5) is 0 Å². The van der Waals surface area contributed by atoms with Gasteiger partial charge in [0.2, 0.25) is 5.91 Å². The van der Waals surface area contributed by atoms with Crippen molar-refractivity contribution in [1.29, 1.82) is 0 Å². The lowest BCUT2D eigenvalue weighted by atomic mass is 9.88. The summed E-state index contributed by atoms with van der Waals surface area (Å²) in [4.78, 5) is 11.3. The summed E-state index contributed by atoms with van der Waals surface area (Å²) in [5.41, 5.74) is 13.4. The monoisotopic (exact) mass is 218 g/mol. The van der Waals surface area contributed by atoms with E-state index in [0.29, 0.717) is 12.5 Å². The van der Waals surface area contributed by atoms with Crippen molar-refractivity contribution in [1.82, 2.24) is 0 Å². The first-order valence-electron chi connectivity index (χ1n) is 5.80. The van der Waals surface area contributed by atoms with Crippen molar-refractivity contribution in [2.75, 3.05) is 0 Å². The van der Waals surface area contributed by atoms with E-state index in [1.54, 1.807) is 0 Å². The van der Waals surface area contributed by atoms with Crippen LogP contribution in [0.5, 0.6) is 0 Å². The van der Waals surface area contributed by atoms with Gasteiger partial charge in [0.1, 0.15) is 0 Å². The van der Waals surface area contributed by atoms with E-state index in [2.05, 4.69) is 12.1 Å². The van der Waals surface area contributed by atoms with Crippen LogP contribution in [0.2, 0.25) is 0 Å². The Bertz CT molecular complexity index is 389. The van der Waals surface area contributed by atoms with E-state index in [1.165, 1.54) is 5.56 Å². The second-order valence-corrected chi connectivity index (χ2v) is 4.50. The molecular formula is C13H18N2O. The quantitative estimate of drug-likeness (QED) is 0.807. The van der Waals surface area contributed by atoms with E-state index in [-0.39, 0.29) is 11.8 Å². The van der Waals surface area contributed by atoms with Crippen molar-refractivity contribution in [2.45, 2.75) is 31.7 Å². The average Bonchev–Trinajstić information content (AvgIpc) is 2.78. The highest BCUT2D eigenvalue weighted by molar-refractivity contribution is 5.78. The average molecular weight is 218 g/mol. The zero-order valence-electron chi connectivity index (χ0n) is 9.36. The zero-order valence-corrected chi connectivity index (χ0v) is 9.36. The SMILES string of the molecule is NCc1cccc(C2CCC[C@@H]2C(N)=O)c1. The highest BCUT2D eigenvalue weighted by Gasteiger charge is 2.32. The first kappa shape index (κ1) is 11.1. The number of primary amides is 1. The molecule has 0 bridgehead atoms. The van der Waals surface area contributed by atoms with Crippen molar-refractivity contribution in [3.05, 3.63) is 35.4 Å². The van der Waals surface area contributed by atoms with Crippen LogP contribution in [0.15, 0.2) is 24.3 Å². The third-order valence-corrected chi connectivity index (χ3v) is 3.50. The predicted octanol–water partition coefficient (Wildman–Crippen LogP) is 1.51. The van der Waals surface area contributed by atoms with Gasteiger partial charge in [-0.05, 0) is 29.9 Å². The molecule has 4 N–H and O–H groups in total. The Morgan fingerprint density at radius 3 is 2.88 bits per heavy atom. The Morgan fingerprint density at radius 1 is 1.38 bits per heavy atom. The van der Waals surface area contributed by atoms with Crippen molar-refractivity contribution < 1.29 is 4.79 Å². The maximum atomic E-state index is 11.3. The molecule has 1 saturated carbocycles. The molecule has 1 unspecified atom stereocenters. The topological polar surface area (TPSA) is 69.1 Å². The molecule has 3 nitrogen and oxygen atoms in total. The fourth-order valence-electron chi connectivity index (χ4n) is 2.65. The van der Waals surface area contributed by atoms with Crippen molar-refractivity contribution >= 4 is 5.91 Å². The second kappa shape index (κ2) is 4.66. The van der Waals surface area contributed by atoms with E-state index in [4.69, 9.17) is 11.5 Å². The van der Waals surface area contributed by atoms with Gasteiger partial charge >= 0.3 is 0 Å². The van der Waals surface area contributed by atoms with Crippen LogP contribution in [0.25, 0.3) is 0 Å². The van der Waals surface area contributed by atoms with Gasteiger partial charge in [0.05, 0.1) is 0 Å². The van der Waals surface area contributed by atoms with Crippen LogP contribution in [-0.2, 0) is 11.3 Å². The first-order chi connectivity index (χ1) is 7.72. The predicted molar refractivity (Wildman–Crippen MR) is 63.6 cm³/mol. The van der Waals surface area contributed by atoms with Gasteiger partial charge in [0.15, 0.2) is 0 Å². The molecule has 0 aromatic heterocycles. The van der Waals surface area contributed by atoms with Gasteiger partial charge in [-0.3, -0.25) is 4.79 Å². The molecule has 0 saturated heterocycles. The largest absolute Gasteiger partial charge is 0.369 e. The maximum Gasteiger partial charge on any atom is 0.221 e. The smallest absolute Gasteiger partial charge is 0.221 e. The lowest BCUT2D eigenvalue weighted by molar-refractivity contribution is -0.122. The molecule has 0 aliphatic heterocycles. The van der Waals surface area contributed by atoms with Gasteiger partial charge in [-0.1, -0.05) is 30.7 Å². The molecule has 0 heterocycles. The van der Waals surface area contributed by atoms with Crippen LogP contribution in [0.3, 0.4) is 0 Å². The minimum atomic E-state index is -0.166. The van der Waals surface area contributed by atoms with Crippen LogP contribution in [0.1, 0.15) is 36.3 Å². The third kappa shape index (κ3) is 2.09. The van der Waals surface area contributed by atoms with Gasteiger partial charge in [0.25, 0.3) is 0 Å². The Labute approximate surface area is 95.8 Å². The van der Waals surface area contributed by atoms with Crippen molar-refractivity contribution in [2.24, 2.45) is 17.4 Å². The van der Waals surface area contributed by atoms with E-state index >= 15 is 0 Å². The Morgan fingerprint density at radius 2 is 2.19 bits per heavy atom. The molecule has 3 heteroatoms. The highest BCUT2D eigenvalue weighted by atomic mass is 16.1. The van der Waals surface area contributed by atoms with Gasteiger partial charge in [0, 0.05) is 12.5 Å². The lowest BCUT2D eigenvalue weighted by Gasteiger charge is -2.17. The van der Waals surface area contributed by atoms with E-state index in [9.17, 15) is 4.79 Å². The van der Waals surface area contributed by atoms with Gasteiger partial charge in [-0.2, -0.15) is 0 Å². The summed E-state index contributed by atoms with van der Waals surface area (Å²) in [5.74, 6) is 0.137. The highest BCUT2D eigenvalue weighted by Crippen LogP contribution is 2.39. The molecule has 1 aliphatic carbocycles. The molecule has 1 aliphatic rings. The molecule has 16 heavy (non-hydrogen) atoms. The third-order valence-electron chi connectivity index (χ3n) is 3.50. The molecule has 2 atom stereocenters. The fraction of sp³-hybridized carbons (Fsp3) is 0.462. The number of benzene rings is 1. The first-order valence-corrected chi connectivity index (χ1v) is 5.80. The molecule has 1 aromatic carbocycles. The molecule has 0 radical (unpaired) electrons. The summed E-state index contributed by atoms with van der Waals surface area (Å²) in [6.45, 7) is 0.543. The molecule has 1 aromatic rings. The summed E-state index contributed by atoms with van der Waals surface area (Å²) >= 11 is 0. The normalized spacial score (nSPS) is 24.6. The number of nitrogens with two attached hydrogens (primary N) is 2. The number of carbonyl (C=O) groups is 1. The van der Waals surface area contributed by atoms with Gasteiger partial charge < -0.3 is 11.5 Å². The number of rotatable bonds is 3. The number of amides is 1. The van der Waals surface area contributed by atoms with Crippen LogP contribution in [-0.4, -0.2) is 5.91 Å². The summed E-state index contributed by atoms with van der Waals surface area (Å²) < 4.78 is 0. The van der Waals surface area contributed by atoms with Crippen LogP contribution in [0, 0.1) is 5.92 Å². The van der Waals surface area contributed by atoms with Crippen LogP contribution < -0.4 is 11.5 Å². The Hall–Kier alpha value is -1.35. The Balaban J connectivity index is 2.25. The van der Waals surface area contributed by atoms with Gasteiger partial charge in [-0.25, -0.2) is 0 Å². The number of hydrogen-bond donors (Lipinski definition) is 2. The van der Waals surface area contributed by atoms with Gasteiger partial charge in [-0.15, -0.1) is 0 Å². The van der Waals surface area contributed by atoms with E-state index < -0.39 is 0 Å². The maximum absolute atomic E-state index is 11.3. The standard InChI is InChI=1S/C13H18N2O/c14-8-9-3-1-4-10(7-9)11-5-2-6-12(11)13(15)16/h1,3-4,7,11-12H,2,5-6,8,14H2,(H2,15,16)/t11?,12-/m0/s1. The van der Waals surface area contributed by atoms with Crippen LogP contribution >= 0.6 is 0 Å². The lowest BCUT2D eigenvalue weighted by Crippen LogP contribution is -2.25. The molecule has 0 spiro atoms. The fourth-order valence-corrected chi connectivity index (χ4v) is 2.65. The minimum Gasteiger partial charge on any atom is -0.369 e. The Kier molecular flexibility index (Phi) is 3.25. The molecule has 86 valence electrons. The number of carbonyl (C=O) groups excluding carboxylic acids is 1. The van der Waals surface area contributed by atoms with E-state index in [1.807, 2.05) is 12.1 Å². The molecule has 1 amide bonds. The van der Waals surface area contributed by atoms with Crippen molar-refractivity contribution in [3.63, 3.8) is 0 Å². The molecule has 1 fully saturated rings. The summed E-state index contributed by atoms with van der Waals surface area (Å²) in [6, 6.07) is 8.20. The zero-order chi connectivity index (χ0) is 11.5. The molecule has 2 rings (SSSR count). The summed E-state index contributed by atoms with van der Waals surface area (Å²) in [5, 5.41) is 0. The second-order valence-electron chi connectivity index (χ2n) is 4.50. The molecular weight excluding hydrogens is 200 g/mol. The number of hydrogen-bond acceptors (Lipinski definition) is 2. The minimum absolute atomic E-state index is 0.00743. The summed E-state index contributed by atoms with van der Waals surface area (Å²) in [7, 11) is 0. The van der Waals surface area contributed by atoms with Crippen molar-refractivity contribution in [3.8, 4) is 0 Å². The van der Waals surface area contributed by atoms with E-state index in [0.717, 1.165) is 24.8 Å².